The maximum Gasteiger partial charge on any atom is 0.222 e. The standard InChI is InChI=1S/C11H20N4/c1-4-5-9-6-13-10(14-7-9)15-8-11(2,3)12/h6-7H,4-5,8,12H2,1-3H3,(H,13,14,15). The summed E-state index contributed by atoms with van der Waals surface area (Å²) in [7, 11) is 0. The Hall–Kier alpha value is -1.16. The normalized spacial score (nSPS) is 11.5. The lowest BCUT2D eigenvalue weighted by molar-refractivity contribution is 0.547. The highest BCUT2D eigenvalue weighted by molar-refractivity contribution is 5.25. The first-order valence-corrected chi connectivity index (χ1v) is 5.35. The molecule has 0 aliphatic rings. The van der Waals surface area contributed by atoms with E-state index in [9.17, 15) is 0 Å². The van der Waals surface area contributed by atoms with Crippen LogP contribution in [0.15, 0.2) is 12.4 Å². The second-order valence-corrected chi connectivity index (χ2v) is 4.51. The van der Waals surface area contributed by atoms with E-state index in [-0.39, 0.29) is 5.54 Å². The summed E-state index contributed by atoms with van der Waals surface area (Å²) in [5.74, 6) is 0.647. The zero-order valence-electron chi connectivity index (χ0n) is 9.75. The van der Waals surface area contributed by atoms with Gasteiger partial charge in [-0.15, -0.1) is 0 Å². The number of aryl methyl sites for hydroxylation is 1. The van der Waals surface area contributed by atoms with Gasteiger partial charge in [0, 0.05) is 24.5 Å². The quantitative estimate of drug-likeness (QED) is 0.771. The van der Waals surface area contributed by atoms with E-state index in [4.69, 9.17) is 5.73 Å². The minimum absolute atomic E-state index is 0.245. The van der Waals surface area contributed by atoms with Gasteiger partial charge < -0.3 is 11.1 Å². The van der Waals surface area contributed by atoms with Gasteiger partial charge in [-0.2, -0.15) is 0 Å². The van der Waals surface area contributed by atoms with Crippen LogP contribution in [0.1, 0.15) is 32.8 Å². The second kappa shape index (κ2) is 5.07. The molecule has 15 heavy (non-hydrogen) atoms. The van der Waals surface area contributed by atoms with Crippen LogP contribution in [0, 0.1) is 0 Å². The summed E-state index contributed by atoms with van der Waals surface area (Å²) < 4.78 is 0. The molecule has 1 aromatic heterocycles. The van der Waals surface area contributed by atoms with E-state index in [1.807, 2.05) is 26.2 Å². The van der Waals surface area contributed by atoms with E-state index in [2.05, 4.69) is 22.2 Å². The number of nitrogens with zero attached hydrogens (tertiary/aromatic N) is 2. The third-order valence-corrected chi connectivity index (χ3v) is 1.95. The van der Waals surface area contributed by atoms with Crippen molar-refractivity contribution in [1.82, 2.24) is 9.97 Å². The molecule has 4 heteroatoms. The fraction of sp³-hybridized carbons (Fsp3) is 0.636. The van der Waals surface area contributed by atoms with E-state index in [1.54, 1.807) is 0 Å². The maximum absolute atomic E-state index is 5.84. The van der Waals surface area contributed by atoms with Gasteiger partial charge in [-0.25, -0.2) is 9.97 Å². The van der Waals surface area contributed by atoms with Gasteiger partial charge in [0.2, 0.25) is 5.95 Å². The van der Waals surface area contributed by atoms with Gasteiger partial charge in [0.1, 0.15) is 0 Å². The molecule has 0 aliphatic heterocycles. The summed E-state index contributed by atoms with van der Waals surface area (Å²) in [4.78, 5) is 8.45. The zero-order chi connectivity index (χ0) is 11.3. The number of hydrogen-bond acceptors (Lipinski definition) is 4. The van der Waals surface area contributed by atoms with E-state index >= 15 is 0 Å². The molecule has 1 rings (SSSR count). The Labute approximate surface area is 91.3 Å². The fourth-order valence-electron chi connectivity index (χ4n) is 1.17. The molecule has 0 spiro atoms. The topological polar surface area (TPSA) is 63.8 Å². The van der Waals surface area contributed by atoms with Crippen molar-refractivity contribution >= 4 is 5.95 Å². The Balaban J connectivity index is 2.50. The Morgan fingerprint density at radius 2 is 1.93 bits per heavy atom. The summed E-state index contributed by atoms with van der Waals surface area (Å²) in [6, 6.07) is 0. The van der Waals surface area contributed by atoms with Crippen LogP contribution in [0.2, 0.25) is 0 Å². The number of nitrogens with one attached hydrogen (secondary N) is 1. The molecule has 0 fully saturated rings. The molecule has 0 amide bonds. The van der Waals surface area contributed by atoms with Gasteiger partial charge in [-0.05, 0) is 25.8 Å². The molecule has 0 saturated carbocycles. The van der Waals surface area contributed by atoms with Gasteiger partial charge in [-0.3, -0.25) is 0 Å². The van der Waals surface area contributed by atoms with Crippen molar-refractivity contribution in [3.8, 4) is 0 Å². The van der Waals surface area contributed by atoms with Crippen molar-refractivity contribution in [3.05, 3.63) is 18.0 Å². The summed E-state index contributed by atoms with van der Waals surface area (Å²) in [5, 5.41) is 3.11. The number of nitrogens with two attached hydrogens (primary N) is 1. The van der Waals surface area contributed by atoms with Crippen LogP contribution in [-0.2, 0) is 6.42 Å². The van der Waals surface area contributed by atoms with Crippen LogP contribution < -0.4 is 11.1 Å². The summed E-state index contributed by atoms with van der Waals surface area (Å²) in [6.45, 7) is 6.74. The first-order valence-electron chi connectivity index (χ1n) is 5.35. The SMILES string of the molecule is CCCc1cnc(NCC(C)(C)N)nc1. The minimum atomic E-state index is -0.245. The molecule has 0 aliphatic carbocycles. The van der Waals surface area contributed by atoms with Crippen LogP contribution >= 0.6 is 0 Å². The van der Waals surface area contributed by atoms with E-state index in [1.165, 1.54) is 5.56 Å². The summed E-state index contributed by atoms with van der Waals surface area (Å²) >= 11 is 0. The predicted molar refractivity (Wildman–Crippen MR) is 62.8 cm³/mol. The van der Waals surface area contributed by atoms with Crippen LogP contribution in [0.5, 0.6) is 0 Å². The van der Waals surface area contributed by atoms with Crippen molar-refractivity contribution in [1.29, 1.82) is 0 Å². The third-order valence-electron chi connectivity index (χ3n) is 1.95. The molecule has 4 nitrogen and oxygen atoms in total. The van der Waals surface area contributed by atoms with E-state index < -0.39 is 0 Å². The monoisotopic (exact) mass is 208 g/mol. The van der Waals surface area contributed by atoms with Crippen LogP contribution in [0.4, 0.5) is 5.95 Å². The van der Waals surface area contributed by atoms with Crippen LogP contribution in [-0.4, -0.2) is 22.1 Å². The van der Waals surface area contributed by atoms with Gasteiger partial charge in [0.05, 0.1) is 0 Å². The predicted octanol–water partition coefficient (Wildman–Crippen LogP) is 1.58. The molecule has 1 aromatic rings. The highest BCUT2D eigenvalue weighted by atomic mass is 15.1. The zero-order valence-corrected chi connectivity index (χ0v) is 9.75. The minimum Gasteiger partial charge on any atom is -0.352 e. The number of hydrogen-bond donors (Lipinski definition) is 2. The molecule has 84 valence electrons. The molecule has 0 atom stereocenters. The van der Waals surface area contributed by atoms with Crippen LogP contribution in [0.3, 0.4) is 0 Å². The largest absolute Gasteiger partial charge is 0.352 e. The molecule has 0 aromatic carbocycles. The van der Waals surface area contributed by atoms with Gasteiger partial charge in [0.25, 0.3) is 0 Å². The Kier molecular flexibility index (Phi) is 4.03. The lowest BCUT2D eigenvalue weighted by Gasteiger charge is -2.18. The molecular weight excluding hydrogens is 188 g/mol. The summed E-state index contributed by atoms with van der Waals surface area (Å²) in [6.07, 6.45) is 5.87. The average Bonchev–Trinajstić information content (AvgIpc) is 2.16. The third kappa shape index (κ3) is 4.74. The Bertz CT molecular complexity index is 286. The average molecular weight is 208 g/mol. The molecule has 0 saturated heterocycles. The smallest absolute Gasteiger partial charge is 0.222 e. The molecular formula is C11H20N4. The number of aromatic nitrogens is 2. The summed E-state index contributed by atoms with van der Waals surface area (Å²) in [5.41, 5.74) is 6.77. The first-order chi connectivity index (χ1) is 7.01. The molecule has 3 N–H and O–H groups in total. The van der Waals surface area contributed by atoms with E-state index in [0.29, 0.717) is 12.5 Å². The highest BCUT2D eigenvalue weighted by Crippen LogP contribution is 2.04. The van der Waals surface area contributed by atoms with Gasteiger partial charge in [0.15, 0.2) is 0 Å². The van der Waals surface area contributed by atoms with Gasteiger partial charge >= 0.3 is 0 Å². The van der Waals surface area contributed by atoms with Crippen molar-refractivity contribution in [2.24, 2.45) is 5.73 Å². The van der Waals surface area contributed by atoms with Gasteiger partial charge in [-0.1, -0.05) is 13.3 Å². The fourth-order valence-corrected chi connectivity index (χ4v) is 1.17. The number of rotatable bonds is 5. The molecule has 0 unspecified atom stereocenters. The van der Waals surface area contributed by atoms with Crippen molar-refractivity contribution in [2.45, 2.75) is 39.2 Å². The lowest BCUT2D eigenvalue weighted by Crippen LogP contribution is -2.39. The Morgan fingerprint density at radius 1 is 1.33 bits per heavy atom. The lowest BCUT2D eigenvalue weighted by atomic mass is 10.1. The van der Waals surface area contributed by atoms with Crippen molar-refractivity contribution in [2.75, 3.05) is 11.9 Å². The van der Waals surface area contributed by atoms with Crippen LogP contribution in [0.25, 0.3) is 0 Å². The molecule has 0 radical (unpaired) electrons. The van der Waals surface area contributed by atoms with Crippen molar-refractivity contribution < 1.29 is 0 Å². The van der Waals surface area contributed by atoms with Crippen molar-refractivity contribution in [3.63, 3.8) is 0 Å². The van der Waals surface area contributed by atoms with E-state index in [0.717, 1.165) is 12.8 Å². The second-order valence-electron chi connectivity index (χ2n) is 4.51. The molecule has 1 heterocycles. The maximum atomic E-state index is 5.84. The molecule has 0 bridgehead atoms. The number of anilines is 1. The first kappa shape index (κ1) is 11.9. The highest BCUT2D eigenvalue weighted by Gasteiger charge is 2.10. The Morgan fingerprint density at radius 3 is 2.40 bits per heavy atom.